The van der Waals surface area contributed by atoms with Gasteiger partial charge in [-0.05, 0) is 42.3 Å². The lowest BCUT2D eigenvalue weighted by Gasteiger charge is -2.18. The van der Waals surface area contributed by atoms with Crippen molar-refractivity contribution in [3.05, 3.63) is 20.8 Å². The molecule has 1 aromatic rings. The van der Waals surface area contributed by atoms with E-state index in [9.17, 15) is 4.21 Å². The Morgan fingerprint density at radius 1 is 1.56 bits per heavy atom. The van der Waals surface area contributed by atoms with Crippen LogP contribution in [-0.2, 0) is 10.8 Å². The molecule has 1 aromatic heterocycles. The van der Waals surface area contributed by atoms with E-state index in [2.05, 4.69) is 46.5 Å². The van der Waals surface area contributed by atoms with Gasteiger partial charge in [-0.3, -0.25) is 4.21 Å². The van der Waals surface area contributed by atoms with Crippen LogP contribution in [0.4, 0.5) is 0 Å². The molecule has 1 N–H and O–H groups in total. The van der Waals surface area contributed by atoms with Gasteiger partial charge in [-0.2, -0.15) is 0 Å². The number of thiophene rings is 1. The van der Waals surface area contributed by atoms with Gasteiger partial charge in [-0.1, -0.05) is 0 Å². The molecule has 0 amide bonds. The van der Waals surface area contributed by atoms with E-state index >= 15 is 0 Å². The van der Waals surface area contributed by atoms with Crippen LogP contribution in [0.5, 0.6) is 0 Å². The van der Waals surface area contributed by atoms with Crippen LogP contribution < -0.4 is 5.32 Å². The summed E-state index contributed by atoms with van der Waals surface area (Å²) in [5.41, 5.74) is 0. The van der Waals surface area contributed by atoms with E-state index in [4.69, 9.17) is 0 Å². The average molecular weight is 324 g/mol. The van der Waals surface area contributed by atoms with Gasteiger partial charge in [0.2, 0.25) is 0 Å². The summed E-state index contributed by atoms with van der Waals surface area (Å²) in [4.78, 5) is 1.33. The number of rotatable bonds is 6. The lowest BCUT2D eigenvalue weighted by molar-refractivity contribution is 0.475. The summed E-state index contributed by atoms with van der Waals surface area (Å²) in [5.74, 6) is 0.773. The van der Waals surface area contributed by atoms with Crippen molar-refractivity contribution in [3.63, 3.8) is 0 Å². The fourth-order valence-corrected chi connectivity index (χ4v) is 3.64. The number of nitrogens with one attached hydrogen (secondary N) is 1. The largest absolute Gasteiger partial charge is 0.307 e. The average Bonchev–Trinajstić information content (AvgIpc) is 2.62. The molecular weight excluding hydrogens is 306 g/mol. The summed E-state index contributed by atoms with van der Waals surface area (Å²) in [6.45, 7) is 4.31. The summed E-state index contributed by atoms with van der Waals surface area (Å²) in [6, 6.07) is 2.91. The van der Waals surface area contributed by atoms with Gasteiger partial charge in [-0.15, -0.1) is 11.3 Å². The zero-order valence-electron chi connectivity index (χ0n) is 9.83. The molecule has 0 saturated heterocycles. The Morgan fingerprint density at radius 3 is 2.75 bits per heavy atom. The molecule has 0 spiro atoms. The lowest BCUT2D eigenvalue weighted by atomic mass is 10.2. The molecule has 0 fully saturated rings. The predicted molar refractivity (Wildman–Crippen MR) is 76.6 cm³/mol. The Bertz CT molecular complexity index is 354. The van der Waals surface area contributed by atoms with Gasteiger partial charge < -0.3 is 5.32 Å². The quantitative estimate of drug-likeness (QED) is 0.870. The van der Waals surface area contributed by atoms with Gasteiger partial charge in [0.25, 0.3) is 0 Å². The summed E-state index contributed by atoms with van der Waals surface area (Å²) >= 11 is 5.21. The Morgan fingerprint density at radius 2 is 2.25 bits per heavy atom. The molecule has 1 rings (SSSR count). The van der Waals surface area contributed by atoms with Crippen molar-refractivity contribution in [3.8, 4) is 0 Å². The van der Waals surface area contributed by atoms with Crippen LogP contribution >= 0.6 is 27.3 Å². The molecule has 1 heterocycles. The molecule has 0 aliphatic rings. The smallest absolute Gasteiger partial charge is 0.0388 e. The molecule has 2 nitrogen and oxygen atoms in total. The fourth-order valence-electron chi connectivity index (χ4n) is 1.49. The highest BCUT2D eigenvalue weighted by atomic mass is 79.9. The first-order valence-electron chi connectivity index (χ1n) is 5.29. The topological polar surface area (TPSA) is 29.1 Å². The molecule has 0 bridgehead atoms. The van der Waals surface area contributed by atoms with Crippen LogP contribution in [-0.4, -0.2) is 22.3 Å². The van der Waals surface area contributed by atoms with Crippen LogP contribution in [0.25, 0.3) is 0 Å². The first kappa shape index (κ1) is 14.4. The van der Waals surface area contributed by atoms with Crippen LogP contribution in [0.1, 0.15) is 31.2 Å². The highest BCUT2D eigenvalue weighted by Gasteiger charge is 2.11. The fraction of sp³-hybridized carbons (Fsp3) is 0.636. The van der Waals surface area contributed by atoms with Crippen molar-refractivity contribution in [1.29, 1.82) is 0 Å². The minimum Gasteiger partial charge on any atom is -0.307 e. The Labute approximate surface area is 112 Å². The van der Waals surface area contributed by atoms with Crippen LogP contribution in [0, 0.1) is 0 Å². The van der Waals surface area contributed by atoms with Gasteiger partial charge in [0.15, 0.2) is 0 Å². The first-order chi connectivity index (χ1) is 7.49. The minimum atomic E-state index is -0.686. The molecule has 3 unspecified atom stereocenters. The summed E-state index contributed by atoms with van der Waals surface area (Å²) < 4.78 is 12.1. The maximum Gasteiger partial charge on any atom is 0.0388 e. The Balaban J connectivity index is 2.39. The predicted octanol–water partition coefficient (Wildman–Crippen LogP) is 3.32. The molecule has 92 valence electrons. The molecule has 5 heteroatoms. The normalized spacial score (nSPS) is 17.0. The van der Waals surface area contributed by atoms with E-state index in [1.165, 1.54) is 4.88 Å². The summed E-state index contributed by atoms with van der Waals surface area (Å²) in [6.07, 6.45) is 2.71. The molecule has 0 aliphatic heterocycles. The van der Waals surface area contributed by atoms with E-state index in [0.717, 1.165) is 16.6 Å². The van der Waals surface area contributed by atoms with Gasteiger partial charge in [0.05, 0.1) is 0 Å². The Kier molecular flexibility index (Phi) is 6.18. The minimum absolute atomic E-state index is 0.358. The maximum absolute atomic E-state index is 11.0. The molecule has 0 aliphatic carbocycles. The van der Waals surface area contributed by atoms with E-state index in [-0.39, 0.29) is 0 Å². The van der Waals surface area contributed by atoms with Crippen molar-refractivity contribution in [2.24, 2.45) is 0 Å². The summed E-state index contributed by atoms with van der Waals surface area (Å²) in [7, 11) is -0.686. The highest BCUT2D eigenvalue weighted by Crippen LogP contribution is 2.25. The second-order valence-electron chi connectivity index (χ2n) is 4.02. The summed E-state index contributed by atoms with van der Waals surface area (Å²) in [5, 5.41) is 5.62. The van der Waals surface area contributed by atoms with Crippen molar-refractivity contribution < 1.29 is 4.21 Å². The SMILES string of the molecule is CC(CCS(C)=O)NC(C)c1cc(Br)cs1. The maximum atomic E-state index is 11.0. The third kappa shape index (κ3) is 5.08. The lowest BCUT2D eigenvalue weighted by Crippen LogP contribution is -2.29. The van der Waals surface area contributed by atoms with E-state index < -0.39 is 10.8 Å². The third-order valence-corrected chi connectivity index (χ3v) is 5.07. The molecule has 0 saturated carbocycles. The van der Waals surface area contributed by atoms with Crippen LogP contribution in [0.15, 0.2) is 15.9 Å². The van der Waals surface area contributed by atoms with Crippen LogP contribution in [0.2, 0.25) is 0 Å². The van der Waals surface area contributed by atoms with Crippen molar-refractivity contribution in [2.75, 3.05) is 12.0 Å². The van der Waals surface area contributed by atoms with E-state index in [1.807, 2.05) is 0 Å². The van der Waals surface area contributed by atoms with Crippen LogP contribution in [0.3, 0.4) is 0 Å². The highest BCUT2D eigenvalue weighted by molar-refractivity contribution is 9.10. The third-order valence-electron chi connectivity index (χ3n) is 2.39. The zero-order chi connectivity index (χ0) is 12.1. The number of hydrogen-bond acceptors (Lipinski definition) is 3. The molecule has 0 aromatic carbocycles. The zero-order valence-corrected chi connectivity index (χ0v) is 13.0. The van der Waals surface area contributed by atoms with Crippen molar-refractivity contribution >= 4 is 38.1 Å². The second-order valence-corrected chi connectivity index (χ2v) is 7.44. The van der Waals surface area contributed by atoms with E-state index in [1.54, 1.807) is 17.6 Å². The second kappa shape index (κ2) is 6.89. The Hall–Kier alpha value is 0.290. The first-order valence-corrected chi connectivity index (χ1v) is 8.69. The van der Waals surface area contributed by atoms with Gasteiger partial charge in [0, 0.05) is 49.6 Å². The monoisotopic (exact) mass is 323 g/mol. The molecule has 3 atom stereocenters. The van der Waals surface area contributed by atoms with E-state index in [0.29, 0.717) is 12.1 Å². The standard InChI is InChI=1S/C11H18BrNOS2/c1-8(4-5-16(3)14)13-9(2)11-6-10(12)7-15-11/h6-9,13H,4-5H2,1-3H3. The molecular formula is C11H18BrNOS2. The number of hydrogen-bond donors (Lipinski definition) is 1. The van der Waals surface area contributed by atoms with Gasteiger partial charge in [-0.25, -0.2) is 0 Å². The van der Waals surface area contributed by atoms with Gasteiger partial charge >= 0.3 is 0 Å². The van der Waals surface area contributed by atoms with Crippen molar-refractivity contribution in [2.45, 2.75) is 32.4 Å². The molecule has 0 radical (unpaired) electrons. The van der Waals surface area contributed by atoms with Gasteiger partial charge in [0.1, 0.15) is 0 Å². The molecule has 16 heavy (non-hydrogen) atoms. The van der Waals surface area contributed by atoms with Crippen molar-refractivity contribution in [1.82, 2.24) is 5.32 Å². The number of halogens is 1.